The van der Waals surface area contributed by atoms with Gasteiger partial charge in [0.25, 0.3) is 0 Å². The number of benzene rings is 2. The molecule has 140 valence electrons. The van der Waals surface area contributed by atoms with E-state index >= 15 is 0 Å². The maximum Gasteiger partial charge on any atom is 0.310 e. The van der Waals surface area contributed by atoms with E-state index in [1.54, 1.807) is 0 Å². The average molecular weight is 363 g/mol. The Bertz CT molecular complexity index is 917. The highest BCUT2D eigenvalue weighted by Crippen LogP contribution is 2.20. The monoisotopic (exact) mass is 363 g/mol. The molecular formula is C22H25N3O2. The maximum absolute atomic E-state index is 11.7. The fourth-order valence-corrected chi connectivity index (χ4v) is 3.01. The van der Waals surface area contributed by atoms with Crippen LogP contribution in [0.1, 0.15) is 29.3 Å². The van der Waals surface area contributed by atoms with E-state index in [-0.39, 0.29) is 5.97 Å². The van der Waals surface area contributed by atoms with Gasteiger partial charge >= 0.3 is 5.97 Å². The predicted octanol–water partition coefficient (Wildman–Crippen LogP) is 4.21. The summed E-state index contributed by atoms with van der Waals surface area (Å²) >= 11 is 0. The summed E-state index contributed by atoms with van der Waals surface area (Å²) in [5.41, 5.74) is 6.39. The topological polar surface area (TPSA) is 56.1 Å². The zero-order valence-corrected chi connectivity index (χ0v) is 16.0. The van der Waals surface area contributed by atoms with Crippen molar-refractivity contribution in [3.63, 3.8) is 0 Å². The van der Waals surface area contributed by atoms with Crippen molar-refractivity contribution in [1.82, 2.24) is 9.78 Å². The number of rotatable bonds is 7. The van der Waals surface area contributed by atoms with E-state index in [0.29, 0.717) is 19.6 Å². The first kappa shape index (κ1) is 18.7. The number of esters is 1. The Morgan fingerprint density at radius 3 is 2.67 bits per heavy atom. The second-order valence-corrected chi connectivity index (χ2v) is 6.49. The van der Waals surface area contributed by atoms with Crippen molar-refractivity contribution in [3.05, 3.63) is 77.1 Å². The smallest absolute Gasteiger partial charge is 0.310 e. The summed E-state index contributed by atoms with van der Waals surface area (Å²) < 4.78 is 6.96. The number of carbonyl (C=O) groups is 1. The Labute approximate surface area is 160 Å². The van der Waals surface area contributed by atoms with E-state index in [2.05, 4.69) is 23.4 Å². The summed E-state index contributed by atoms with van der Waals surface area (Å²) in [6.45, 7) is 7.02. The van der Waals surface area contributed by atoms with Crippen LogP contribution in [0.4, 0.5) is 5.69 Å². The summed E-state index contributed by atoms with van der Waals surface area (Å²) in [7, 11) is 0. The molecule has 1 aromatic heterocycles. The van der Waals surface area contributed by atoms with Gasteiger partial charge in [-0.2, -0.15) is 5.10 Å². The number of para-hydroxylation sites is 1. The van der Waals surface area contributed by atoms with Gasteiger partial charge in [0.05, 0.1) is 36.3 Å². The molecule has 0 unspecified atom stereocenters. The third-order valence-electron chi connectivity index (χ3n) is 4.55. The predicted molar refractivity (Wildman–Crippen MR) is 107 cm³/mol. The first-order valence-electron chi connectivity index (χ1n) is 9.16. The minimum absolute atomic E-state index is 0.194. The fourth-order valence-electron chi connectivity index (χ4n) is 3.01. The molecule has 0 atom stereocenters. The van der Waals surface area contributed by atoms with E-state index in [1.807, 2.05) is 67.2 Å². The van der Waals surface area contributed by atoms with E-state index in [4.69, 9.17) is 4.74 Å². The van der Waals surface area contributed by atoms with Gasteiger partial charge in [0.15, 0.2) is 0 Å². The van der Waals surface area contributed by atoms with Crippen molar-refractivity contribution in [1.29, 1.82) is 0 Å². The van der Waals surface area contributed by atoms with Gasteiger partial charge in [-0.05, 0) is 49.6 Å². The number of anilines is 1. The molecule has 27 heavy (non-hydrogen) atoms. The van der Waals surface area contributed by atoms with Crippen molar-refractivity contribution in [2.24, 2.45) is 0 Å². The molecule has 0 aliphatic rings. The number of hydrogen-bond donors (Lipinski definition) is 1. The second-order valence-electron chi connectivity index (χ2n) is 6.49. The molecule has 0 saturated heterocycles. The standard InChI is InChI=1S/C22H25N3O2/c1-4-27-22(26)13-18-11-10-16(2)19(12-18)14-23-21-15-24-25(17(21)3)20-8-6-5-7-9-20/h5-12,15,23H,4,13-14H2,1-3H3. The average Bonchev–Trinajstić information content (AvgIpc) is 3.03. The Morgan fingerprint density at radius 2 is 1.93 bits per heavy atom. The van der Waals surface area contributed by atoms with Crippen molar-refractivity contribution >= 4 is 11.7 Å². The van der Waals surface area contributed by atoms with Crippen LogP contribution in [-0.2, 0) is 22.5 Å². The molecule has 1 N–H and O–H groups in total. The number of hydrogen-bond acceptors (Lipinski definition) is 4. The highest BCUT2D eigenvalue weighted by molar-refractivity contribution is 5.72. The Morgan fingerprint density at radius 1 is 1.15 bits per heavy atom. The zero-order valence-electron chi connectivity index (χ0n) is 16.0. The van der Waals surface area contributed by atoms with Crippen LogP contribution in [0.5, 0.6) is 0 Å². The van der Waals surface area contributed by atoms with Gasteiger partial charge in [0, 0.05) is 6.54 Å². The van der Waals surface area contributed by atoms with Gasteiger partial charge in [-0.15, -0.1) is 0 Å². The van der Waals surface area contributed by atoms with Crippen molar-refractivity contribution in [2.45, 2.75) is 33.7 Å². The molecule has 3 aromatic rings. The first-order chi connectivity index (χ1) is 13.1. The lowest BCUT2D eigenvalue weighted by Crippen LogP contribution is -2.09. The molecule has 1 heterocycles. The molecule has 0 aliphatic heterocycles. The highest BCUT2D eigenvalue weighted by atomic mass is 16.5. The van der Waals surface area contributed by atoms with Crippen molar-refractivity contribution < 1.29 is 9.53 Å². The van der Waals surface area contributed by atoms with Crippen LogP contribution in [0.15, 0.2) is 54.7 Å². The summed E-state index contributed by atoms with van der Waals surface area (Å²) in [5, 5.41) is 7.96. The van der Waals surface area contributed by atoms with Gasteiger partial charge in [-0.3, -0.25) is 4.79 Å². The number of nitrogens with zero attached hydrogens (tertiary/aromatic N) is 2. The summed E-state index contributed by atoms with van der Waals surface area (Å²) in [6, 6.07) is 16.2. The lowest BCUT2D eigenvalue weighted by molar-refractivity contribution is -0.142. The molecule has 0 saturated carbocycles. The van der Waals surface area contributed by atoms with Gasteiger partial charge in [-0.25, -0.2) is 4.68 Å². The van der Waals surface area contributed by atoms with Gasteiger partial charge in [0.1, 0.15) is 0 Å². The molecule has 0 spiro atoms. The summed E-state index contributed by atoms with van der Waals surface area (Å²) in [6.07, 6.45) is 2.15. The summed E-state index contributed by atoms with van der Waals surface area (Å²) in [5.74, 6) is -0.194. The zero-order chi connectivity index (χ0) is 19.2. The molecule has 5 heteroatoms. The van der Waals surface area contributed by atoms with Crippen LogP contribution in [0, 0.1) is 13.8 Å². The van der Waals surface area contributed by atoms with Crippen LogP contribution in [0.25, 0.3) is 5.69 Å². The van der Waals surface area contributed by atoms with Crippen LogP contribution in [0.2, 0.25) is 0 Å². The van der Waals surface area contributed by atoms with Crippen LogP contribution >= 0.6 is 0 Å². The Balaban J connectivity index is 1.72. The van der Waals surface area contributed by atoms with Crippen molar-refractivity contribution in [2.75, 3.05) is 11.9 Å². The molecular weight excluding hydrogens is 338 g/mol. The Kier molecular flexibility index (Phi) is 5.91. The van der Waals surface area contributed by atoms with E-state index in [1.165, 1.54) is 5.56 Å². The number of aromatic nitrogens is 2. The van der Waals surface area contributed by atoms with Crippen LogP contribution in [-0.4, -0.2) is 22.4 Å². The maximum atomic E-state index is 11.7. The van der Waals surface area contributed by atoms with Gasteiger partial charge < -0.3 is 10.1 Å². The summed E-state index contributed by atoms with van der Waals surface area (Å²) in [4.78, 5) is 11.7. The lowest BCUT2D eigenvalue weighted by atomic mass is 10.0. The largest absolute Gasteiger partial charge is 0.466 e. The van der Waals surface area contributed by atoms with Gasteiger partial charge in [0.2, 0.25) is 0 Å². The first-order valence-corrected chi connectivity index (χ1v) is 9.16. The number of ether oxygens (including phenoxy) is 1. The van der Waals surface area contributed by atoms with Crippen LogP contribution in [0.3, 0.4) is 0 Å². The molecule has 0 aliphatic carbocycles. The third-order valence-corrected chi connectivity index (χ3v) is 4.55. The second kappa shape index (κ2) is 8.54. The molecule has 0 amide bonds. The minimum atomic E-state index is -0.194. The van der Waals surface area contributed by atoms with E-state index in [0.717, 1.165) is 28.2 Å². The van der Waals surface area contributed by atoms with Gasteiger partial charge in [-0.1, -0.05) is 36.4 Å². The lowest BCUT2D eigenvalue weighted by Gasteiger charge is -2.11. The molecule has 0 fully saturated rings. The normalized spacial score (nSPS) is 10.6. The number of aryl methyl sites for hydroxylation is 1. The van der Waals surface area contributed by atoms with E-state index < -0.39 is 0 Å². The van der Waals surface area contributed by atoms with E-state index in [9.17, 15) is 4.79 Å². The van der Waals surface area contributed by atoms with Crippen LogP contribution < -0.4 is 5.32 Å². The molecule has 0 radical (unpaired) electrons. The molecule has 3 rings (SSSR count). The molecule has 0 bridgehead atoms. The fraction of sp³-hybridized carbons (Fsp3) is 0.273. The Hall–Kier alpha value is -3.08. The SMILES string of the molecule is CCOC(=O)Cc1ccc(C)c(CNc2cnn(-c3ccccc3)c2C)c1. The number of nitrogens with one attached hydrogen (secondary N) is 1. The van der Waals surface area contributed by atoms with Crippen molar-refractivity contribution in [3.8, 4) is 5.69 Å². The third kappa shape index (κ3) is 4.56. The highest BCUT2D eigenvalue weighted by Gasteiger charge is 2.10. The molecule has 5 nitrogen and oxygen atoms in total. The minimum Gasteiger partial charge on any atom is -0.466 e. The molecule has 2 aromatic carbocycles. The number of carbonyl (C=O) groups excluding carboxylic acids is 1. The quantitative estimate of drug-likeness (QED) is 0.639.